The molecule has 2 aliphatic carbocycles. The Hall–Kier alpha value is -1.10. The quantitative estimate of drug-likeness (QED) is 0.640. The number of hydrogen-bond acceptors (Lipinski definition) is 3. The zero-order chi connectivity index (χ0) is 12.5. The van der Waals surface area contributed by atoms with Gasteiger partial charge in [0.2, 0.25) is 11.8 Å². The van der Waals surface area contributed by atoms with Crippen molar-refractivity contribution in [2.45, 2.75) is 51.1 Å². The SMILES string of the molecule is CC1(C(=O)NCC(=O)NC2CC2)CCCC1N. The maximum absolute atomic E-state index is 12.0. The number of amides is 2. The first-order chi connectivity index (χ1) is 8.02. The molecule has 0 aliphatic heterocycles. The lowest BCUT2D eigenvalue weighted by Crippen LogP contribution is -2.49. The Balaban J connectivity index is 1.77. The van der Waals surface area contributed by atoms with E-state index in [1.807, 2.05) is 6.92 Å². The Morgan fingerprint density at radius 1 is 1.35 bits per heavy atom. The van der Waals surface area contributed by atoms with Gasteiger partial charge >= 0.3 is 0 Å². The van der Waals surface area contributed by atoms with Crippen LogP contribution in [0.25, 0.3) is 0 Å². The van der Waals surface area contributed by atoms with Gasteiger partial charge in [-0.15, -0.1) is 0 Å². The maximum Gasteiger partial charge on any atom is 0.239 e. The lowest BCUT2D eigenvalue weighted by Gasteiger charge is -2.27. The summed E-state index contributed by atoms with van der Waals surface area (Å²) in [6, 6.07) is 0.248. The number of rotatable bonds is 4. The van der Waals surface area contributed by atoms with Crippen molar-refractivity contribution in [3.8, 4) is 0 Å². The first-order valence-corrected chi connectivity index (χ1v) is 6.35. The topological polar surface area (TPSA) is 84.2 Å². The highest BCUT2D eigenvalue weighted by atomic mass is 16.2. The van der Waals surface area contributed by atoms with Crippen LogP contribution in [-0.2, 0) is 9.59 Å². The highest BCUT2D eigenvalue weighted by Gasteiger charge is 2.42. The number of nitrogens with one attached hydrogen (secondary N) is 2. The monoisotopic (exact) mass is 239 g/mol. The maximum atomic E-state index is 12.0. The standard InChI is InChI=1S/C12H21N3O2/c1-12(6-2-3-9(12)13)11(17)14-7-10(16)15-8-4-5-8/h8-9H,2-7,13H2,1H3,(H,14,17)(H,15,16). The zero-order valence-electron chi connectivity index (χ0n) is 10.3. The summed E-state index contributed by atoms with van der Waals surface area (Å²) in [4.78, 5) is 23.5. The van der Waals surface area contributed by atoms with Crippen molar-refractivity contribution >= 4 is 11.8 Å². The van der Waals surface area contributed by atoms with Gasteiger partial charge in [-0.1, -0.05) is 6.42 Å². The fraction of sp³-hybridized carbons (Fsp3) is 0.833. The molecule has 0 radical (unpaired) electrons. The van der Waals surface area contributed by atoms with Gasteiger partial charge in [0.05, 0.1) is 12.0 Å². The predicted molar refractivity (Wildman–Crippen MR) is 64.1 cm³/mol. The van der Waals surface area contributed by atoms with Gasteiger partial charge in [-0.2, -0.15) is 0 Å². The molecule has 0 aromatic rings. The average molecular weight is 239 g/mol. The van der Waals surface area contributed by atoms with E-state index in [2.05, 4.69) is 10.6 Å². The van der Waals surface area contributed by atoms with Crippen molar-refractivity contribution in [1.29, 1.82) is 0 Å². The number of carbonyl (C=O) groups is 2. The second kappa shape index (κ2) is 4.64. The summed E-state index contributed by atoms with van der Waals surface area (Å²) in [6.07, 6.45) is 4.80. The van der Waals surface area contributed by atoms with E-state index in [1.165, 1.54) is 0 Å². The van der Waals surface area contributed by atoms with Crippen LogP contribution in [0.4, 0.5) is 0 Å². The fourth-order valence-corrected chi connectivity index (χ4v) is 2.34. The third-order valence-electron chi connectivity index (χ3n) is 3.90. The Labute approximate surface area is 102 Å². The van der Waals surface area contributed by atoms with Gasteiger partial charge < -0.3 is 16.4 Å². The van der Waals surface area contributed by atoms with E-state index in [9.17, 15) is 9.59 Å². The van der Waals surface area contributed by atoms with E-state index >= 15 is 0 Å². The molecule has 2 fully saturated rings. The summed E-state index contributed by atoms with van der Waals surface area (Å²) in [6.45, 7) is 1.95. The summed E-state index contributed by atoms with van der Waals surface area (Å²) < 4.78 is 0. The van der Waals surface area contributed by atoms with Crippen LogP contribution in [0, 0.1) is 5.41 Å². The first kappa shape index (κ1) is 12.4. The molecule has 0 bridgehead atoms. The zero-order valence-corrected chi connectivity index (χ0v) is 10.3. The first-order valence-electron chi connectivity index (χ1n) is 6.35. The lowest BCUT2D eigenvalue weighted by atomic mass is 9.84. The normalized spacial score (nSPS) is 32.2. The molecule has 4 N–H and O–H groups in total. The van der Waals surface area contributed by atoms with Crippen molar-refractivity contribution < 1.29 is 9.59 Å². The summed E-state index contributed by atoms with van der Waals surface area (Å²) in [7, 11) is 0. The van der Waals surface area contributed by atoms with Gasteiger partial charge in [0.15, 0.2) is 0 Å². The lowest BCUT2D eigenvalue weighted by molar-refractivity contribution is -0.132. The minimum Gasteiger partial charge on any atom is -0.352 e. The third-order valence-corrected chi connectivity index (χ3v) is 3.90. The Morgan fingerprint density at radius 2 is 2.06 bits per heavy atom. The van der Waals surface area contributed by atoms with Crippen molar-refractivity contribution in [3.05, 3.63) is 0 Å². The second-order valence-corrected chi connectivity index (χ2v) is 5.44. The predicted octanol–water partition coefficient (Wildman–Crippen LogP) is -0.101. The Kier molecular flexibility index (Phi) is 3.38. The summed E-state index contributed by atoms with van der Waals surface area (Å²) >= 11 is 0. The van der Waals surface area contributed by atoms with Crippen LogP contribution in [-0.4, -0.2) is 30.4 Å². The van der Waals surface area contributed by atoms with E-state index in [0.29, 0.717) is 6.04 Å². The highest BCUT2D eigenvalue weighted by molar-refractivity contribution is 5.88. The van der Waals surface area contributed by atoms with E-state index < -0.39 is 5.41 Å². The van der Waals surface area contributed by atoms with Crippen LogP contribution in [0.15, 0.2) is 0 Å². The van der Waals surface area contributed by atoms with Crippen molar-refractivity contribution in [3.63, 3.8) is 0 Å². The van der Waals surface area contributed by atoms with Gasteiger partial charge in [-0.3, -0.25) is 9.59 Å². The van der Waals surface area contributed by atoms with Gasteiger partial charge in [0.1, 0.15) is 0 Å². The van der Waals surface area contributed by atoms with E-state index in [-0.39, 0.29) is 24.4 Å². The molecular weight excluding hydrogens is 218 g/mol. The van der Waals surface area contributed by atoms with Crippen molar-refractivity contribution in [2.24, 2.45) is 11.1 Å². The van der Waals surface area contributed by atoms with Crippen molar-refractivity contribution in [2.75, 3.05) is 6.54 Å². The molecule has 2 unspecified atom stereocenters. The number of hydrogen-bond donors (Lipinski definition) is 3. The van der Waals surface area contributed by atoms with Gasteiger partial charge in [0, 0.05) is 12.1 Å². The van der Waals surface area contributed by atoms with Gasteiger partial charge in [-0.25, -0.2) is 0 Å². The fourth-order valence-electron chi connectivity index (χ4n) is 2.34. The molecular formula is C12H21N3O2. The van der Waals surface area contributed by atoms with Crippen LogP contribution in [0.3, 0.4) is 0 Å². The molecule has 2 atom stereocenters. The molecule has 0 saturated heterocycles. The molecule has 0 aromatic carbocycles. The van der Waals surface area contributed by atoms with E-state index in [4.69, 9.17) is 5.73 Å². The van der Waals surface area contributed by atoms with Gasteiger partial charge in [0.25, 0.3) is 0 Å². The Bertz CT molecular complexity index is 328. The summed E-state index contributed by atoms with van der Waals surface area (Å²) in [5.41, 5.74) is 5.45. The van der Waals surface area contributed by atoms with Crippen LogP contribution in [0.5, 0.6) is 0 Å². The molecule has 5 heteroatoms. The molecule has 0 heterocycles. The minimum absolute atomic E-state index is 0.0671. The van der Waals surface area contributed by atoms with Crippen LogP contribution in [0.1, 0.15) is 39.0 Å². The molecule has 2 saturated carbocycles. The van der Waals surface area contributed by atoms with Crippen LogP contribution >= 0.6 is 0 Å². The van der Waals surface area contributed by atoms with E-state index in [0.717, 1.165) is 32.1 Å². The highest BCUT2D eigenvalue weighted by Crippen LogP contribution is 2.36. The van der Waals surface area contributed by atoms with Crippen molar-refractivity contribution in [1.82, 2.24) is 10.6 Å². The van der Waals surface area contributed by atoms with E-state index in [1.54, 1.807) is 0 Å². The second-order valence-electron chi connectivity index (χ2n) is 5.44. The molecule has 5 nitrogen and oxygen atoms in total. The number of carbonyl (C=O) groups excluding carboxylic acids is 2. The summed E-state index contributed by atoms with van der Waals surface area (Å²) in [5.74, 6) is -0.190. The Morgan fingerprint density at radius 3 is 2.59 bits per heavy atom. The molecule has 2 rings (SSSR count). The molecule has 0 aromatic heterocycles. The molecule has 2 amide bonds. The molecule has 0 spiro atoms. The number of nitrogens with two attached hydrogens (primary N) is 1. The summed E-state index contributed by atoms with van der Waals surface area (Å²) in [5, 5.41) is 5.54. The molecule has 17 heavy (non-hydrogen) atoms. The van der Waals surface area contributed by atoms with Crippen LogP contribution < -0.4 is 16.4 Å². The largest absolute Gasteiger partial charge is 0.352 e. The minimum atomic E-state index is -0.500. The molecule has 2 aliphatic rings. The average Bonchev–Trinajstić information content (AvgIpc) is 3.02. The van der Waals surface area contributed by atoms with Crippen LogP contribution in [0.2, 0.25) is 0 Å². The molecule has 96 valence electrons. The third kappa shape index (κ3) is 2.77. The smallest absolute Gasteiger partial charge is 0.239 e. The van der Waals surface area contributed by atoms with Gasteiger partial charge in [-0.05, 0) is 32.6 Å².